The molecule has 2 aromatic carbocycles. The summed E-state index contributed by atoms with van der Waals surface area (Å²) in [6.45, 7) is 1.70. The lowest BCUT2D eigenvalue weighted by Gasteiger charge is -2.11. The number of aromatic nitrogens is 3. The number of ether oxygens (including phenoxy) is 2. The summed E-state index contributed by atoms with van der Waals surface area (Å²) >= 11 is 1.16. The van der Waals surface area contributed by atoms with Gasteiger partial charge in [-0.05, 0) is 31.2 Å². The van der Waals surface area contributed by atoms with Crippen molar-refractivity contribution in [2.24, 2.45) is 0 Å². The lowest BCUT2D eigenvalue weighted by Crippen LogP contribution is -1.98. The number of aromatic amines is 1. The monoisotopic (exact) mass is 377 g/mol. The first-order valence-corrected chi connectivity index (χ1v) is 8.66. The van der Waals surface area contributed by atoms with Crippen LogP contribution >= 0.6 is 11.8 Å². The van der Waals surface area contributed by atoms with Crippen LogP contribution in [0.25, 0.3) is 11.4 Å². The number of hydrogen-bond donors (Lipinski definition) is 1. The van der Waals surface area contributed by atoms with Crippen LogP contribution < -0.4 is 9.47 Å². The first-order valence-electron chi connectivity index (χ1n) is 7.79. The van der Waals surface area contributed by atoms with Crippen LogP contribution in [0.15, 0.2) is 41.6 Å². The summed E-state index contributed by atoms with van der Waals surface area (Å²) < 4.78 is 38.4. The molecule has 8 heteroatoms. The molecule has 0 aliphatic heterocycles. The van der Waals surface area contributed by atoms with Crippen LogP contribution in [0.3, 0.4) is 0 Å². The fourth-order valence-corrected chi connectivity index (χ4v) is 3.43. The van der Waals surface area contributed by atoms with Crippen molar-refractivity contribution in [1.29, 1.82) is 0 Å². The van der Waals surface area contributed by atoms with Crippen molar-refractivity contribution in [2.45, 2.75) is 17.3 Å². The maximum absolute atomic E-state index is 13.9. The van der Waals surface area contributed by atoms with Gasteiger partial charge in [0.1, 0.15) is 23.1 Å². The molecule has 0 aliphatic carbocycles. The molecule has 0 bridgehead atoms. The van der Waals surface area contributed by atoms with Gasteiger partial charge >= 0.3 is 0 Å². The number of halogens is 2. The van der Waals surface area contributed by atoms with E-state index in [-0.39, 0.29) is 5.56 Å². The van der Waals surface area contributed by atoms with Crippen LogP contribution in [0.4, 0.5) is 8.78 Å². The molecule has 0 saturated heterocycles. The third kappa shape index (κ3) is 3.65. The van der Waals surface area contributed by atoms with E-state index in [9.17, 15) is 8.78 Å². The minimum Gasteiger partial charge on any atom is -0.497 e. The van der Waals surface area contributed by atoms with Crippen molar-refractivity contribution in [1.82, 2.24) is 15.2 Å². The van der Waals surface area contributed by atoms with Gasteiger partial charge in [-0.25, -0.2) is 13.8 Å². The van der Waals surface area contributed by atoms with Gasteiger partial charge in [0, 0.05) is 16.9 Å². The SMILES string of the molecule is COc1ccc(-c2nc(SC(C)c3c(F)cccc3F)n[nH]2)c(OC)c1. The van der Waals surface area contributed by atoms with E-state index < -0.39 is 16.9 Å². The number of nitrogens with zero attached hydrogens (tertiary/aromatic N) is 2. The molecule has 3 rings (SSSR count). The predicted molar refractivity (Wildman–Crippen MR) is 95.6 cm³/mol. The Morgan fingerprint density at radius 3 is 2.46 bits per heavy atom. The predicted octanol–water partition coefficient (Wildman–Crippen LogP) is 4.62. The number of benzene rings is 2. The Hall–Kier alpha value is -2.61. The van der Waals surface area contributed by atoms with Crippen molar-refractivity contribution >= 4 is 11.8 Å². The average Bonchev–Trinajstić information content (AvgIpc) is 3.09. The van der Waals surface area contributed by atoms with Crippen molar-refractivity contribution in [3.05, 3.63) is 53.6 Å². The van der Waals surface area contributed by atoms with Crippen LogP contribution in [-0.2, 0) is 0 Å². The molecule has 0 aliphatic rings. The van der Waals surface area contributed by atoms with E-state index in [0.29, 0.717) is 28.0 Å². The molecule has 0 radical (unpaired) electrons. The van der Waals surface area contributed by atoms with E-state index in [1.54, 1.807) is 39.3 Å². The highest BCUT2D eigenvalue weighted by molar-refractivity contribution is 7.99. The van der Waals surface area contributed by atoms with E-state index in [1.165, 1.54) is 18.2 Å². The van der Waals surface area contributed by atoms with Crippen LogP contribution in [0.5, 0.6) is 11.5 Å². The Labute approximate surface area is 153 Å². The Morgan fingerprint density at radius 2 is 1.81 bits per heavy atom. The minimum atomic E-state index is -0.586. The second-order valence-electron chi connectivity index (χ2n) is 5.43. The zero-order valence-corrected chi connectivity index (χ0v) is 15.2. The smallest absolute Gasteiger partial charge is 0.209 e. The number of methoxy groups -OCH3 is 2. The first kappa shape index (κ1) is 18.2. The Kier molecular flexibility index (Phi) is 5.41. The molecule has 26 heavy (non-hydrogen) atoms. The molecule has 0 fully saturated rings. The molecule has 0 saturated carbocycles. The standard InChI is InChI=1S/C18H17F2N3O2S/c1-10(16-13(19)5-4-6-14(16)20)26-18-21-17(22-23-18)12-8-7-11(24-2)9-15(12)25-3/h4-10H,1-3H3,(H,21,22,23). The van der Waals surface area contributed by atoms with Crippen molar-refractivity contribution in [2.75, 3.05) is 14.2 Å². The lowest BCUT2D eigenvalue weighted by atomic mass is 10.1. The molecular formula is C18H17F2N3O2S. The molecule has 136 valence electrons. The van der Waals surface area contributed by atoms with Crippen molar-refractivity contribution in [3.8, 4) is 22.9 Å². The average molecular weight is 377 g/mol. The van der Waals surface area contributed by atoms with Crippen LogP contribution in [0.1, 0.15) is 17.7 Å². The van der Waals surface area contributed by atoms with E-state index in [1.807, 2.05) is 0 Å². The summed E-state index contributed by atoms with van der Waals surface area (Å²) in [5.41, 5.74) is 0.711. The van der Waals surface area contributed by atoms with Gasteiger partial charge in [0.2, 0.25) is 5.16 Å². The Morgan fingerprint density at radius 1 is 1.08 bits per heavy atom. The zero-order valence-electron chi connectivity index (χ0n) is 14.4. The van der Waals surface area contributed by atoms with Gasteiger partial charge in [0.05, 0.1) is 19.8 Å². The highest BCUT2D eigenvalue weighted by Gasteiger charge is 2.20. The lowest BCUT2D eigenvalue weighted by molar-refractivity contribution is 0.395. The summed E-state index contributed by atoms with van der Waals surface area (Å²) in [5, 5.41) is 6.85. The highest BCUT2D eigenvalue weighted by Crippen LogP contribution is 2.37. The molecule has 3 aromatic rings. The second kappa shape index (κ2) is 7.74. The topological polar surface area (TPSA) is 60.0 Å². The maximum atomic E-state index is 13.9. The molecule has 1 N–H and O–H groups in total. The van der Waals surface area contributed by atoms with Gasteiger partial charge in [-0.15, -0.1) is 5.10 Å². The van der Waals surface area contributed by atoms with Crippen LogP contribution in [-0.4, -0.2) is 29.4 Å². The number of thioether (sulfide) groups is 1. The highest BCUT2D eigenvalue weighted by atomic mass is 32.2. The minimum absolute atomic E-state index is 0.00544. The fourth-order valence-electron chi connectivity index (χ4n) is 2.53. The van der Waals surface area contributed by atoms with E-state index in [0.717, 1.165) is 11.8 Å². The molecule has 1 heterocycles. The largest absolute Gasteiger partial charge is 0.497 e. The molecule has 1 unspecified atom stereocenters. The van der Waals surface area contributed by atoms with Crippen molar-refractivity contribution < 1.29 is 18.3 Å². The van der Waals surface area contributed by atoms with Gasteiger partial charge in [0.25, 0.3) is 0 Å². The first-order chi connectivity index (χ1) is 12.5. The molecule has 0 spiro atoms. The molecule has 1 atom stereocenters. The summed E-state index contributed by atoms with van der Waals surface area (Å²) in [7, 11) is 3.12. The summed E-state index contributed by atoms with van der Waals surface area (Å²) in [6.07, 6.45) is 0. The molecular weight excluding hydrogens is 360 g/mol. The molecule has 5 nitrogen and oxygen atoms in total. The van der Waals surface area contributed by atoms with E-state index in [2.05, 4.69) is 15.2 Å². The van der Waals surface area contributed by atoms with Gasteiger partial charge in [0.15, 0.2) is 5.82 Å². The number of H-pyrrole nitrogens is 1. The third-order valence-electron chi connectivity index (χ3n) is 3.82. The number of nitrogens with one attached hydrogen (secondary N) is 1. The summed E-state index contributed by atoms with van der Waals surface area (Å²) in [6, 6.07) is 9.13. The number of hydrogen-bond acceptors (Lipinski definition) is 5. The fraction of sp³-hybridized carbons (Fsp3) is 0.222. The van der Waals surface area contributed by atoms with Gasteiger partial charge in [-0.1, -0.05) is 17.8 Å². The Bertz CT molecular complexity index is 897. The normalized spacial score (nSPS) is 12.0. The van der Waals surface area contributed by atoms with Crippen LogP contribution in [0.2, 0.25) is 0 Å². The van der Waals surface area contributed by atoms with Gasteiger partial charge in [-0.2, -0.15) is 0 Å². The molecule has 0 amide bonds. The summed E-state index contributed by atoms with van der Waals surface area (Å²) in [5.74, 6) is 0.553. The van der Waals surface area contributed by atoms with Gasteiger partial charge < -0.3 is 9.47 Å². The van der Waals surface area contributed by atoms with E-state index in [4.69, 9.17) is 9.47 Å². The van der Waals surface area contributed by atoms with E-state index >= 15 is 0 Å². The second-order valence-corrected chi connectivity index (χ2v) is 6.74. The molecule has 1 aromatic heterocycles. The van der Waals surface area contributed by atoms with Crippen molar-refractivity contribution in [3.63, 3.8) is 0 Å². The third-order valence-corrected chi connectivity index (χ3v) is 4.80. The van der Waals surface area contributed by atoms with Gasteiger partial charge in [-0.3, -0.25) is 5.10 Å². The quantitative estimate of drug-likeness (QED) is 0.635. The maximum Gasteiger partial charge on any atom is 0.209 e. The van der Waals surface area contributed by atoms with Crippen LogP contribution in [0, 0.1) is 11.6 Å². The summed E-state index contributed by atoms with van der Waals surface area (Å²) in [4.78, 5) is 4.40. The number of rotatable bonds is 6. The zero-order chi connectivity index (χ0) is 18.7. The Balaban J connectivity index is 1.85.